The van der Waals surface area contributed by atoms with Gasteiger partial charge in [0.25, 0.3) is 17.7 Å². The molecule has 2 fully saturated rings. The van der Waals surface area contributed by atoms with Crippen molar-refractivity contribution in [1.82, 2.24) is 20.1 Å². The van der Waals surface area contributed by atoms with Crippen LogP contribution in [0.2, 0.25) is 0 Å². The van der Waals surface area contributed by atoms with Gasteiger partial charge in [0.15, 0.2) is 6.10 Å². The van der Waals surface area contributed by atoms with Crippen molar-refractivity contribution >= 4 is 17.7 Å². The SMILES string of the molecule is Cc1cc(O)c(C)c(C(=O)NC(Cc2ccccc2)[C@H](O)C(=O)N2CC(F)(F)C3(C)[C@H]2C(=O)N3Cc2ccccn2)c1. The summed E-state index contributed by atoms with van der Waals surface area (Å²) >= 11 is 0. The fourth-order valence-electron chi connectivity index (χ4n) is 5.87. The van der Waals surface area contributed by atoms with E-state index < -0.39 is 53.9 Å². The molecule has 2 aliphatic heterocycles. The van der Waals surface area contributed by atoms with Gasteiger partial charge in [0, 0.05) is 17.3 Å². The van der Waals surface area contributed by atoms with Crippen LogP contribution in [0.25, 0.3) is 0 Å². The highest BCUT2D eigenvalue weighted by Crippen LogP contribution is 2.53. The van der Waals surface area contributed by atoms with Crippen LogP contribution in [-0.2, 0) is 22.6 Å². The predicted molar refractivity (Wildman–Crippen MR) is 149 cm³/mol. The number of alkyl halides is 2. The molecule has 11 heteroatoms. The summed E-state index contributed by atoms with van der Waals surface area (Å²) in [6.45, 7) is 3.28. The molecule has 2 aliphatic rings. The number of hydrogen-bond donors (Lipinski definition) is 3. The third-order valence-electron chi connectivity index (χ3n) is 8.36. The second-order valence-electron chi connectivity index (χ2n) is 11.1. The number of phenolic OH excluding ortho intramolecular Hbond substituents is 1. The number of amides is 3. The lowest BCUT2D eigenvalue weighted by Crippen LogP contribution is -2.78. The molecule has 42 heavy (non-hydrogen) atoms. The van der Waals surface area contributed by atoms with Gasteiger partial charge in [0.2, 0.25) is 5.91 Å². The molecule has 2 aromatic carbocycles. The van der Waals surface area contributed by atoms with Gasteiger partial charge >= 0.3 is 0 Å². The van der Waals surface area contributed by atoms with E-state index in [2.05, 4.69) is 10.3 Å². The normalized spacial score (nSPS) is 22.2. The van der Waals surface area contributed by atoms with Crippen molar-refractivity contribution in [2.75, 3.05) is 6.54 Å². The summed E-state index contributed by atoms with van der Waals surface area (Å²) in [5.74, 6) is -5.97. The van der Waals surface area contributed by atoms with Crippen LogP contribution >= 0.6 is 0 Å². The van der Waals surface area contributed by atoms with E-state index in [1.54, 1.807) is 68.4 Å². The largest absolute Gasteiger partial charge is 0.508 e. The molecule has 0 saturated carbocycles. The van der Waals surface area contributed by atoms with E-state index in [0.717, 1.165) is 9.80 Å². The highest BCUT2D eigenvalue weighted by atomic mass is 19.3. The van der Waals surface area contributed by atoms with Crippen LogP contribution in [0.1, 0.15) is 39.7 Å². The number of fused-ring (bicyclic) bond motifs is 1. The van der Waals surface area contributed by atoms with E-state index in [1.165, 1.54) is 19.2 Å². The van der Waals surface area contributed by atoms with E-state index in [1.807, 2.05) is 0 Å². The van der Waals surface area contributed by atoms with Crippen molar-refractivity contribution in [2.24, 2.45) is 0 Å². The molecule has 1 aromatic heterocycles. The molecule has 4 atom stereocenters. The number of aryl methyl sites for hydroxylation is 1. The maximum Gasteiger partial charge on any atom is 0.290 e. The molecular weight excluding hydrogens is 546 g/mol. The van der Waals surface area contributed by atoms with Gasteiger partial charge in [-0.05, 0) is 62.6 Å². The Kier molecular flexibility index (Phi) is 7.48. The number of carbonyl (C=O) groups is 3. The number of halogens is 2. The third kappa shape index (κ3) is 4.87. The Labute approximate surface area is 241 Å². The first-order valence-corrected chi connectivity index (χ1v) is 13.6. The Morgan fingerprint density at radius 1 is 1.12 bits per heavy atom. The maximum absolute atomic E-state index is 15.5. The second-order valence-corrected chi connectivity index (χ2v) is 11.1. The molecular formula is C31H32F2N4O5. The highest BCUT2D eigenvalue weighted by molar-refractivity contribution is 5.99. The molecule has 3 aromatic rings. The fraction of sp³-hybridized carbons (Fsp3) is 0.355. The average Bonchev–Trinajstić information content (AvgIpc) is 3.16. The lowest BCUT2D eigenvalue weighted by Gasteiger charge is -2.54. The molecule has 0 aliphatic carbocycles. The minimum Gasteiger partial charge on any atom is -0.508 e. The number of nitrogens with one attached hydrogen (secondary N) is 1. The molecule has 2 saturated heterocycles. The van der Waals surface area contributed by atoms with Gasteiger partial charge in [-0.25, -0.2) is 8.78 Å². The van der Waals surface area contributed by atoms with Crippen molar-refractivity contribution < 1.29 is 33.4 Å². The predicted octanol–water partition coefficient (Wildman–Crippen LogP) is 2.75. The highest BCUT2D eigenvalue weighted by Gasteiger charge is 2.77. The number of aromatic hydroxyl groups is 1. The Balaban J connectivity index is 1.41. The van der Waals surface area contributed by atoms with E-state index in [0.29, 0.717) is 22.4 Å². The minimum atomic E-state index is -3.47. The number of rotatable bonds is 8. The van der Waals surface area contributed by atoms with E-state index in [-0.39, 0.29) is 24.3 Å². The van der Waals surface area contributed by atoms with E-state index in [4.69, 9.17) is 0 Å². The van der Waals surface area contributed by atoms with Crippen LogP contribution in [0, 0.1) is 13.8 Å². The minimum absolute atomic E-state index is 0.00223. The number of aromatic nitrogens is 1. The Hall–Kier alpha value is -4.38. The molecule has 0 bridgehead atoms. The quantitative estimate of drug-likeness (QED) is 0.354. The number of likely N-dealkylation sites (tertiary alicyclic amines) is 2. The number of benzene rings is 2. The van der Waals surface area contributed by atoms with Crippen molar-refractivity contribution in [1.29, 1.82) is 0 Å². The van der Waals surface area contributed by atoms with Gasteiger partial charge in [0.1, 0.15) is 17.3 Å². The number of β-lactam (4-membered cyclic amide) rings is 1. The van der Waals surface area contributed by atoms with Crippen LogP contribution in [0.4, 0.5) is 8.78 Å². The third-order valence-corrected chi connectivity index (χ3v) is 8.36. The summed E-state index contributed by atoms with van der Waals surface area (Å²) < 4.78 is 31.1. The topological polar surface area (TPSA) is 123 Å². The number of phenols is 1. The van der Waals surface area contributed by atoms with Gasteiger partial charge in [-0.15, -0.1) is 0 Å². The van der Waals surface area contributed by atoms with Crippen LogP contribution < -0.4 is 5.32 Å². The number of pyridine rings is 1. The first kappa shape index (κ1) is 29.1. The molecule has 9 nitrogen and oxygen atoms in total. The molecule has 220 valence electrons. The second kappa shape index (κ2) is 10.8. The van der Waals surface area contributed by atoms with Gasteiger partial charge in [-0.3, -0.25) is 19.4 Å². The first-order chi connectivity index (χ1) is 19.8. The first-order valence-electron chi connectivity index (χ1n) is 13.6. The van der Waals surface area contributed by atoms with Crippen molar-refractivity contribution in [3.05, 3.63) is 94.8 Å². The van der Waals surface area contributed by atoms with Gasteiger partial charge in [0.05, 0.1) is 24.8 Å². The zero-order valence-electron chi connectivity index (χ0n) is 23.4. The summed E-state index contributed by atoms with van der Waals surface area (Å²) in [5, 5.41) is 24.2. The van der Waals surface area contributed by atoms with Crippen LogP contribution in [0.5, 0.6) is 5.75 Å². The molecule has 3 heterocycles. The van der Waals surface area contributed by atoms with Crippen LogP contribution in [0.3, 0.4) is 0 Å². The number of nitrogens with zero attached hydrogens (tertiary/aromatic N) is 3. The van der Waals surface area contributed by atoms with E-state index >= 15 is 8.78 Å². The van der Waals surface area contributed by atoms with Gasteiger partial charge in [-0.1, -0.05) is 36.4 Å². The lowest BCUT2D eigenvalue weighted by molar-refractivity contribution is -0.193. The number of carbonyl (C=O) groups excluding carboxylic acids is 3. The molecule has 5 rings (SSSR count). The van der Waals surface area contributed by atoms with Crippen LogP contribution in [-0.4, -0.2) is 78.9 Å². The Bertz CT molecular complexity index is 1520. The maximum atomic E-state index is 15.5. The summed E-state index contributed by atoms with van der Waals surface area (Å²) in [6, 6.07) is 14.1. The van der Waals surface area contributed by atoms with Crippen LogP contribution in [0.15, 0.2) is 66.9 Å². The number of aliphatic hydroxyl groups excluding tert-OH is 1. The Morgan fingerprint density at radius 2 is 1.81 bits per heavy atom. The zero-order valence-corrected chi connectivity index (χ0v) is 23.4. The summed E-state index contributed by atoms with van der Waals surface area (Å²) in [5.41, 5.74) is 0.179. The number of aliphatic hydroxyl groups is 1. The van der Waals surface area contributed by atoms with Crippen molar-refractivity contribution in [2.45, 2.75) is 63.4 Å². The van der Waals surface area contributed by atoms with Crippen molar-refractivity contribution in [3.63, 3.8) is 0 Å². The standard InChI is InChI=1S/C31H32F2N4O5/c1-18-13-22(19(2)24(38)14-18)27(40)35-23(15-20-9-5-4-6-10-20)25(39)28(41)36-17-31(32,33)30(3)26(36)29(42)37(30)16-21-11-7-8-12-34-21/h4-14,23,25-26,38-39H,15-17H2,1-3H3,(H,35,40)/t23?,25-,26+,30?/m0/s1. The summed E-state index contributed by atoms with van der Waals surface area (Å²) in [6.07, 6.45) is -0.440. The lowest BCUT2D eigenvalue weighted by atomic mass is 9.78. The molecule has 3 amide bonds. The summed E-state index contributed by atoms with van der Waals surface area (Å²) in [7, 11) is 0. The van der Waals surface area contributed by atoms with E-state index in [9.17, 15) is 24.6 Å². The monoisotopic (exact) mass is 578 g/mol. The van der Waals surface area contributed by atoms with Gasteiger partial charge < -0.3 is 25.3 Å². The molecule has 0 radical (unpaired) electrons. The fourth-order valence-corrected chi connectivity index (χ4v) is 5.87. The van der Waals surface area contributed by atoms with Gasteiger partial charge in [-0.2, -0.15) is 0 Å². The molecule has 2 unspecified atom stereocenters. The smallest absolute Gasteiger partial charge is 0.290 e. The molecule has 3 N–H and O–H groups in total. The Morgan fingerprint density at radius 3 is 2.48 bits per heavy atom. The summed E-state index contributed by atoms with van der Waals surface area (Å²) in [4.78, 5) is 46.1. The number of hydrogen-bond acceptors (Lipinski definition) is 6. The zero-order chi connectivity index (χ0) is 30.4. The van der Waals surface area contributed by atoms with Crippen molar-refractivity contribution in [3.8, 4) is 5.75 Å². The molecule has 0 spiro atoms. The average molecular weight is 579 g/mol.